The van der Waals surface area contributed by atoms with Gasteiger partial charge in [-0.15, -0.1) is 5.10 Å². The molecule has 0 radical (unpaired) electrons. The fourth-order valence-electron chi connectivity index (χ4n) is 5.36. The van der Waals surface area contributed by atoms with Crippen molar-refractivity contribution in [3.8, 4) is 23.1 Å². The number of imidazole rings is 1. The number of anilines is 1. The second-order valence-corrected chi connectivity index (χ2v) is 9.61. The number of nitrogens with zero attached hydrogens (tertiary/aromatic N) is 7. The third-order valence-corrected chi connectivity index (χ3v) is 7.20. The van der Waals surface area contributed by atoms with Crippen LogP contribution in [0.5, 0.6) is 5.88 Å². The van der Waals surface area contributed by atoms with E-state index in [9.17, 15) is 0 Å². The summed E-state index contributed by atoms with van der Waals surface area (Å²) < 4.78 is 24.5. The molecule has 0 spiro atoms. The Morgan fingerprint density at radius 1 is 1.00 bits per heavy atom. The zero-order valence-corrected chi connectivity index (χ0v) is 20.7. The molecule has 9 heteroatoms. The lowest BCUT2D eigenvalue weighted by molar-refractivity contribution is 0.396. The molecule has 3 aromatic heterocycles. The number of rotatable bonds is 5. The van der Waals surface area contributed by atoms with E-state index in [2.05, 4.69) is 9.88 Å². The van der Waals surface area contributed by atoms with E-state index in [1.807, 2.05) is 46.6 Å². The molecule has 5 heterocycles. The van der Waals surface area contributed by atoms with Crippen LogP contribution in [0.4, 0.5) is 10.1 Å². The molecule has 2 aliphatic heterocycles. The van der Waals surface area contributed by atoms with Gasteiger partial charge in [0, 0.05) is 43.0 Å². The van der Waals surface area contributed by atoms with Crippen LogP contribution in [-0.4, -0.2) is 49.5 Å². The van der Waals surface area contributed by atoms with Gasteiger partial charge in [0.05, 0.1) is 19.1 Å². The highest BCUT2D eigenvalue weighted by Gasteiger charge is 2.29. The molecular formula is C27H30FN7O. The molecule has 36 heavy (non-hydrogen) atoms. The summed E-state index contributed by atoms with van der Waals surface area (Å²) in [7, 11) is 1.60. The van der Waals surface area contributed by atoms with Gasteiger partial charge in [0.1, 0.15) is 23.0 Å². The molecule has 1 unspecified atom stereocenters. The average molecular weight is 488 g/mol. The Bertz CT molecular complexity index is 1390. The Hall–Kier alpha value is -3.75. The first-order valence-electron chi connectivity index (χ1n) is 12.7. The number of hydrogen-bond acceptors (Lipinski definition) is 6. The molecular weight excluding hydrogens is 457 g/mol. The van der Waals surface area contributed by atoms with Crippen molar-refractivity contribution in [1.29, 1.82) is 0 Å². The highest BCUT2D eigenvalue weighted by Crippen LogP contribution is 2.37. The number of piperidine rings is 1. The molecule has 6 rings (SSSR count). The molecule has 1 saturated heterocycles. The van der Waals surface area contributed by atoms with Crippen LogP contribution in [0, 0.1) is 12.7 Å². The molecule has 0 saturated carbocycles. The normalized spacial score (nSPS) is 17.8. The zero-order chi connectivity index (χ0) is 24.6. The molecule has 0 aliphatic carbocycles. The predicted octanol–water partition coefficient (Wildman–Crippen LogP) is 4.90. The fraction of sp³-hybridized carbons (Fsp3) is 0.407. The summed E-state index contributed by atoms with van der Waals surface area (Å²) in [6, 6.07) is 9.36. The summed E-state index contributed by atoms with van der Waals surface area (Å²) in [6.45, 7) is 4.75. The average Bonchev–Trinajstić information content (AvgIpc) is 3.55. The van der Waals surface area contributed by atoms with Crippen molar-refractivity contribution in [2.24, 2.45) is 0 Å². The third-order valence-electron chi connectivity index (χ3n) is 7.20. The van der Waals surface area contributed by atoms with Gasteiger partial charge in [-0.3, -0.25) is 0 Å². The summed E-state index contributed by atoms with van der Waals surface area (Å²) in [6.07, 6.45) is 9.05. The highest BCUT2D eigenvalue weighted by atomic mass is 19.1. The van der Waals surface area contributed by atoms with Gasteiger partial charge in [0.25, 0.3) is 0 Å². The van der Waals surface area contributed by atoms with E-state index in [0.29, 0.717) is 23.0 Å². The minimum absolute atomic E-state index is 0.139. The van der Waals surface area contributed by atoms with Crippen LogP contribution < -0.4 is 9.64 Å². The van der Waals surface area contributed by atoms with Crippen LogP contribution in [0.1, 0.15) is 55.1 Å². The largest absolute Gasteiger partial charge is 0.479 e. The molecule has 0 N–H and O–H groups in total. The van der Waals surface area contributed by atoms with Gasteiger partial charge in [-0.2, -0.15) is 0 Å². The quantitative estimate of drug-likeness (QED) is 0.399. The minimum Gasteiger partial charge on any atom is -0.479 e. The molecule has 1 atom stereocenters. The van der Waals surface area contributed by atoms with E-state index < -0.39 is 0 Å². The maximum absolute atomic E-state index is 15.1. The maximum atomic E-state index is 15.1. The first kappa shape index (κ1) is 22.7. The Labute approximate surface area is 209 Å². The van der Waals surface area contributed by atoms with Crippen molar-refractivity contribution in [3.63, 3.8) is 0 Å². The van der Waals surface area contributed by atoms with Gasteiger partial charge < -0.3 is 14.2 Å². The molecule has 0 amide bonds. The monoisotopic (exact) mass is 487 g/mol. The lowest BCUT2D eigenvalue weighted by atomic mass is 9.90. The van der Waals surface area contributed by atoms with Crippen LogP contribution in [0.25, 0.3) is 17.2 Å². The van der Waals surface area contributed by atoms with Crippen molar-refractivity contribution in [1.82, 2.24) is 29.3 Å². The number of methoxy groups -OCH3 is 1. The Balaban J connectivity index is 1.34. The summed E-state index contributed by atoms with van der Waals surface area (Å²) in [5, 5.41) is 4.76. The Kier molecular flexibility index (Phi) is 5.91. The third kappa shape index (κ3) is 4.12. The molecule has 2 aliphatic rings. The van der Waals surface area contributed by atoms with Crippen LogP contribution >= 0.6 is 0 Å². The lowest BCUT2D eigenvalue weighted by Crippen LogP contribution is -2.29. The number of aryl methyl sites for hydroxylation is 2. The number of benzene rings is 1. The van der Waals surface area contributed by atoms with Crippen LogP contribution in [-0.2, 0) is 6.54 Å². The fourth-order valence-corrected chi connectivity index (χ4v) is 5.36. The standard InChI is InChI=1S/C27H30FN7O/c1-18-16-34(17-29-18)24-11-10-23(30-27(24)36-2)25-31-26-20(7-6-14-35(26)32-25)21-15-19(8-9-22(21)28)33-12-4-3-5-13-33/h8-11,15-17,20H,3-7,12-14H2,1-2H3. The van der Waals surface area contributed by atoms with Crippen molar-refractivity contribution in [3.05, 3.63) is 65.8 Å². The maximum Gasteiger partial charge on any atom is 0.238 e. The summed E-state index contributed by atoms with van der Waals surface area (Å²) in [4.78, 5) is 16.2. The molecule has 186 valence electrons. The summed E-state index contributed by atoms with van der Waals surface area (Å²) in [5.41, 5.74) is 4.12. The number of pyridine rings is 1. The molecule has 8 nitrogen and oxygen atoms in total. The van der Waals surface area contributed by atoms with Crippen molar-refractivity contribution in [2.45, 2.75) is 51.5 Å². The van der Waals surface area contributed by atoms with Crippen LogP contribution in [0.15, 0.2) is 42.9 Å². The van der Waals surface area contributed by atoms with Gasteiger partial charge in [-0.25, -0.2) is 24.0 Å². The van der Waals surface area contributed by atoms with Crippen LogP contribution in [0.2, 0.25) is 0 Å². The number of aromatic nitrogens is 6. The SMILES string of the molecule is COc1nc(-c2nc3n(n2)CCCC3c2cc(N3CCCCC3)ccc2F)ccc1-n1cnc(C)c1. The summed E-state index contributed by atoms with van der Waals surface area (Å²) in [5.74, 6) is 1.46. The van der Waals surface area contributed by atoms with Gasteiger partial charge in [0.15, 0.2) is 5.82 Å². The first-order valence-corrected chi connectivity index (χ1v) is 12.7. The van der Waals surface area contributed by atoms with Gasteiger partial charge in [-0.05, 0) is 69.4 Å². The number of fused-ring (bicyclic) bond motifs is 1. The van der Waals surface area contributed by atoms with Gasteiger partial charge in [-0.1, -0.05) is 0 Å². The number of ether oxygens (including phenoxy) is 1. The van der Waals surface area contributed by atoms with E-state index >= 15 is 4.39 Å². The van der Waals surface area contributed by atoms with E-state index in [1.165, 1.54) is 19.3 Å². The van der Waals surface area contributed by atoms with Crippen molar-refractivity contribution < 1.29 is 9.13 Å². The zero-order valence-electron chi connectivity index (χ0n) is 20.7. The molecule has 1 aromatic carbocycles. The topological polar surface area (TPSA) is 73.9 Å². The lowest BCUT2D eigenvalue weighted by Gasteiger charge is -2.30. The minimum atomic E-state index is -0.182. The second-order valence-electron chi connectivity index (χ2n) is 9.61. The highest BCUT2D eigenvalue weighted by molar-refractivity contribution is 5.56. The number of halogens is 1. The van der Waals surface area contributed by atoms with Crippen molar-refractivity contribution in [2.75, 3.05) is 25.1 Å². The van der Waals surface area contributed by atoms with E-state index in [1.54, 1.807) is 19.5 Å². The van der Waals surface area contributed by atoms with Crippen LogP contribution in [0.3, 0.4) is 0 Å². The molecule has 0 bridgehead atoms. The van der Waals surface area contributed by atoms with Gasteiger partial charge in [0.2, 0.25) is 5.88 Å². The smallest absolute Gasteiger partial charge is 0.238 e. The predicted molar refractivity (Wildman–Crippen MR) is 135 cm³/mol. The summed E-state index contributed by atoms with van der Waals surface area (Å²) >= 11 is 0. The number of hydrogen-bond donors (Lipinski definition) is 0. The Morgan fingerprint density at radius 2 is 1.86 bits per heavy atom. The second kappa shape index (κ2) is 9.37. The Morgan fingerprint density at radius 3 is 2.64 bits per heavy atom. The van der Waals surface area contributed by atoms with Crippen molar-refractivity contribution >= 4 is 5.69 Å². The van der Waals surface area contributed by atoms with E-state index in [4.69, 9.17) is 19.8 Å². The van der Waals surface area contributed by atoms with E-state index in [-0.39, 0.29) is 11.7 Å². The molecule has 1 fully saturated rings. The molecule has 4 aromatic rings. The first-order chi connectivity index (χ1) is 17.6. The van der Waals surface area contributed by atoms with E-state index in [0.717, 1.165) is 55.4 Å². The van der Waals surface area contributed by atoms with Gasteiger partial charge >= 0.3 is 0 Å².